The molecule has 5 heterocycles. The molecule has 2 aliphatic heterocycles. The van der Waals surface area contributed by atoms with Crippen LogP contribution in [0.2, 0.25) is 0 Å². The van der Waals surface area contributed by atoms with Crippen LogP contribution < -0.4 is 28.9 Å². The van der Waals surface area contributed by atoms with E-state index in [-0.39, 0.29) is 22.9 Å². The number of methoxy groups -OCH3 is 4. The molecule has 10 rings (SSSR count). The van der Waals surface area contributed by atoms with Crippen molar-refractivity contribution in [2.24, 2.45) is 0 Å². The Morgan fingerprint density at radius 2 is 0.950 bits per heavy atom. The first-order valence-electron chi connectivity index (χ1n) is 19.2. The van der Waals surface area contributed by atoms with E-state index in [1.165, 1.54) is 0 Å². The average Bonchev–Trinajstić information content (AvgIpc) is 4.11. The minimum atomic E-state index is -1.81. The van der Waals surface area contributed by atoms with E-state index in [4.69, 9.17) is 38.9 Å². The van der Waals surface area contributed by atoms with E-state index < -0.39 is 11.7 Å². The first-order valence-corrected chi connectivity index (χ1v) is 19.2. The molecule has 11 heteroatoms. The van der Waals surface area contributed by atoms with Gasteiger partial charge < -0.3 is 39.1 Å². The largest absolute Gasteiger partial charge is 2.00 e. The Morgan fingerprint density at radius 3 is 1.42 bits per heavy atom. The summed E-state index contributed by atoms with van der Waals surface area (Å²) in [5, 5.41) is 25.1. The number of hydrogen-bond acceptors (Lipinski definition) is 8. The molecule has 2 atom stereocenters. The smallest absolute Gasteiger partial charge is 0.657 e. The van der Waals surface area contributed by atoms with Crippen molar-refractivity contribution in [3.05, 3.63) is 144 Å². The van der Waals surface area contributed by atoms with Gasteiger partial charge in [-0.2, -0.15) is 0 Å². The number of fused-ring (bicyclic) bond motifs is 10. The van der Waals surface area contributed by atoms with Gasteiger partial charge in [0.25, 0.3) is 0 Å². The fourth-order valence-electron chi connectivity index (χ4n) is 8.53. The van der Waals surface area contributed by atoms with Crippen LogP contribution in [0.4, 0.5) is 0 Å². The van der Waals surface area contributed by atoms with Crippen molar-refractivity contribution < 1.29 is 45.7 Å². The van der Waals surface area contributed by atoms with Crippen LogP contribution in [0.1, 0.15) is 34.4 Å². The Bertz CT molecular complexity index is 2990. The zero-order valence-electron chi connectivity index (χ0n) is 33.0. The molecule has 60 heavy (non-hydrogen) atoms. The van der Waals surface area contributed by atoms with Crippen LogP contribution >= 0.6 is 0 Å². The molecule has 1 aliphatic carbocycles. The summed E-state index contributed by atoms with van der Waals surface area (Å²) in [6.07, 6.45) is 2.71. The van der Waals surface area contributed by atoms with Crippen LogP contribution in [0.15, 0.2) is 115 Å². The summed E-state index contributed by atoms with van der Waals surface area (Å²) < 4.78 is 22.2. The van der Waals surface area contributed by atoms with Crippen molar-refractivity contribution in [3.63, 3.8) is 0 Å². The van der Waals surface area contributed by atoms with Crippen LogP contribution in [0, 0.1) is 0 Å². The number of hydrogen-bond donors (Lipinski definition) is 2. The molecule has 3 aromatic heterocycles. The van der Waals surface area contributed by atoms with E-state index >= 15 is 0 Å². The quantitative estimate of drug-likeness (QED) is 0.150. The standard InChI is InChI=1S/C49H38N4O6.Ni/c1-56-30-11-5-27(6-12-30)43-36-19-20-37(50-36)44(28-7-13-31(57-2)14-8-28)39-23-24-41(52-39)46-34-18-17-33(59-4)25-35(34)48(54)49(55)26-42(53-47(46)49)45(40-22-21-38(43)51-40)29-9-15-32(58-3)16-10-29;/h5-25,48,54-55H,26H2,1-4H3;/q-2;+2. The minimum absolute atomic E-state index is 0. The second-order valence-corrected chi connectivity index (χ2v) is 14.7. The van der Waals surface area contributed by atoms with Gasteiger partial charge in [-0.05, 0) is 111 Å². The van der Waals surface area contributed by atoms with Crippen LogP contribution in [-0.2, 0) is 28.5 Å². The van der Waals surface area contributed by atoms with E-state index in [0.29, 0.717) is 72.9 Å². The molecule has 0 spiro atoms. The molecule has 0 saturated heterocycles. The molecule has 300 valence electrons. The Hall–Kier alpha value is -6.65. The van der Waals surface area contributed by atoms with Gasteiger partial charge in [-0.3, -0.25) is 4.98 Å². The zero-order chi connectivity index (χ0) is 40.4. The number of ether oxygens (including phenoxy) is 4. The van der Waals surface area contributed by atoms with Crippen LogP contribution in [0.3, 0.4) is 0 Å². The molecule has 0 amide bonds. The summed E-state index contributed by atoms with van der Waals surface area (Å²) in [7, 11) is 6.50. The van der Waals surface area contributed by atoms with Crippen LogP contribution in [0.25, 0.3) is 78.7 Å². The fourth-order valence-corrected chi connectivity index (χ4v) is 8.53. The van der Waals surface area contributed by atoms with Gasteiger partial charge in [-0.1, -0.05) is 66.7 Å². The molecule has 0 fully saturated rings. The monoisotopic (exact) mass is 836 g/mol. The van der Waals surface area contributed by atoms with E-state index in [9.17, 15) is 10.2 Å². The second-order valence-electron chi connectivity index (χ2n) is 14.7. The topological polar surface area (TPSA) is 131 Å². The van der Waals surface area contributed by atoms with Gasteiger partial charge >= 0.3 is 16.5 Å². The van der Waals surface area contributed by atoms with Gasteiger partial charge in [0.1, 0.15) is 34.7 Å². The van der Waals surface area contributed by atoms with Crippen molar-refractivity contribution in [3.8, 4) is 67.5 Å². The summed E-state index contributed by atoms with van der Waals surface area (Å²) in [5.41, 5.74) is 9.92. The van der Waals surface area contributed by atoms with E-state index in [2.05, 4.69) is 0 Å². The third-order valence-corrected chi connectivity index (χ3v) is 11.5. The molecule has 7 aromatic rings. The molecule has 10 nitrogen and oxygen atoms in total. The molecule has 0 radical (unpaired) electrons. The number of nitrogens with zero attached hydrogens (tertiary/aromatic N) is 4. The van der Waals surface area contributed by atoms with Gasteiger partial charge in [0.2, 0.25) is 0 Å². The third-order valence-electron chi connectivity index (χ3n) is 11.5. The predicted molar refractivity (Wildman–Crippen MR) is 228 cm³/mol. The van der Waals surface area contributed by atoms with Gasteiger partial charge in [-0.25, -0.2) is 4.98 Å². The third kappa shape index (κ3) is 6.25. The Balaban J connectivity index is 0.00000462. The zero-order valence-corrected chi connectivity index (χ0v) is 34.0. The number of rotatable bonds is 7. The van der Waals surface area contributed by atoms with E-state index in [1.807, 2.05) is 121 Å². The first-order chi connectivity index (χ1) is 28.8. The first kappa shape index (κ1) is 38.8. The molecule has 3 aliphatic rings. The predicted octanol–water partition coefficient (Wildman–Crippen LogP) is 8.92. The van der Waals surface area contributed by atoms with Crippen LogP contribution in [0.5, 0.6) is 23.0 Å². The molecule has 2 N–H and O–H groups in total. The molecular formula is C49H38N4NiO6. The number of aliphatic hydroxyl groups excluding tert-OH is 1. The molecule has 8 bridgehead atoms. The Labute approximate surface area is 356 Å². The van der Waals surface area contributed by atoms with E-state index in [1.54, 1.807) is 34.5 Å². The fraction of sp³-hybridized carbons (Fsp3) is 0.143. The maximum absolute atomic E-state index is 12.9. The average molecular weight is 838 g/mol. The van der Waals surface area contributed by atoms with Gasteiger partial charge in [0.15, 0.2) is 0 Å². The summed E-state index contributed by atoms with van der Waals surface area (Å²) in [4.78, 5) is 21.2. The van der Waals surface area contributed by atoms with Crippen molar-refractivity contribution in [1.29, 1.82) is 0 Å². The van der Waals surface area contributed by atoms with Crippen molar-refractivity contribution in [1.82, 2.24) is 19.9 Å². The van der Waals surface area contributed by atoms with Crippen molar-refractivity contribution in [2.45, 2.75) is 18.1 Å². The van der Waals surface area contributed by atoms with Gasteiger partial charge in [-0.15, -0.1) is 22.1 Å². The number of aromatic nitrogens is 4. The molecule has 0 saturated carbocycles. The molecule has 2 unspecified atom stereocenters. The number of benzene rings is 4. The minimum Gasteiger partial charge on any atom is -0.657 e. The van der Waals surface area contributed by atoms with Crippen LogP contribution in [-0.4, -0.2) is 48.6 Å². The van der Waals surface area contributed by atoms with Gasteiger partial charge in [0.05, 0.1) is 51.2 Å². The van der Waals surface area contributed by atoms with Gasteiger partial charge in [0, 0.05) is 6.42 Å². The van der Waals surface area contributed by atoms with Crippen molar-refractivity contribution in [2.75, 3.05) is 28.4 Å². The summed E-state index contributed by atoms with van der Waals surface area (Å²) >= 11 is 0. The number of aliphatic hydroxyl groups is 2. The summed E-state index contributed by atoms with van der Waals surface area (Å²) in [6.45, 7) is 0. The summed E-state index contributed by atoms with van der Waals surface area (Å²) in [6, 6.07) is 36.8. The Morgan fingerprint density at radius 1 is 0.533 bits per heavy atom. The van der Waals surface area contributed by atoms with E-state index in [0.717, 1.165) is 45.0 Å². The normalized spacial score (nSPS) is 16.1. The van der Waals surface area contributed by atoms with Crippen molar-refractivity contribution >= 4 is 34.2 Å². The molecular weight excluding hydrogens is 799 g/mol. The maximum Gasteiger partial charge on any atom is 2.00 e. The Kier molecular flexibility index (Phi) is 9.83. The summed E-state index contributed by atoms with van der Waals surface area (Å²) in [5.74, 6) is 2.71. The maximum atomic E-state index is 12.9. The SMILES string of the molecule is COc1ccc(-c2c3nc(c(-c4ccc(OC)cc4)c4ccc([n-]4)c4c5nc(c(-c6ccc(OC)cc6)c6ccc2[n-]6)CC5(O)C(O)c2cc(OC)ccc2-4)C=C3)cc1.[Ni+2]. The molecule has 4 aromatic carbocycles. The second kappa shape index (κ2) is 15.2.